The second-order valence-electron chi connectivity index (χ2n) is 6.27. The van der Waals surface area contributed by atoms with Crippen LogP contribution in [0.25, 0.3) is 0 Å². The SMILES string of the molecule is COc1ccc(Cl)cc1C(=O)N1CCC(C(=O)Nc2ncccc2O)CC1. The number of aromatic hydroxyl groups is 1. The van der Waals surface area contributed by atoms with Gasteiger partial charge in [-0.25, -0.2) is 4.98 Å². The number of hydrogen-bond acceptors (Lipinski definition) is 5. The molecule has 142 valence electrons. The summed E-state index contributed by atoms with van der Waals surface area (Å²) in [5.74, 6) is -0.102. The Bertz CT molecular complexity index is 851. The quantitative estimate of drug-likeness (QED) is 0.838. The number of hydrogen-bond donors (Lipinski definition) is 2. The van der Waals surface area contributed by atoms with Crippen LogP contribution in [0.1, 0.15) is 23.2 Å². The Labute approximate surface area is 161 Å². The number of likely N-dealkylation sites (tertiary alicyclic amines) is 1. The van der Waals surface area contributed by atoms with Crippen molar-refractivity contribution in [3.05, 3.63) is 47.1 Å². The van der Waals surface area contributed by atoms with Crippen LogP contribution in [0.5, 0.6) is 11.5 Å². The van der Waals surface area contributed by atoms with Crippen LogP contribution < -0.4 is 10.1 Å². The van der Waals surface area contributed by atoms with E-state index in [1.807, 2.05) is 0 Å². The molecule has 1 aromatic heterocycles. The van der Waals surface area contributed by atoms with Crippen molar-refractivity contribution < 1.29 is 19.4 Å². The van der Waals surface area contributed by atoms with Gasteiger partial charge in [0.1, 0.15) is 5.75 Å². The number of halogens is 1. The highest BCUT2D eigenvalue weighted by Gasteiger charge is 2.29. The van der Waals surface area contributed by atoms with Gasteiger partial charge in [-0.1, -0.05) is 11.6 Å². The first-order chi connectivity index (χ1) is 13.0. The molecule has 1 fully saturated rings. The minimum Gasteiger partial charge on any atom is -0.504 e. The van der Waals surface area contributed by atoms with Crippen LogP contribution in [0, 0.1) is 5.92 Å². The van der Waals surface area contributed by atoms with Crippen molar-refractivity contribution in [1.29, 1.82) is 0 Å². The van der Waals surface area contributed by atoms with Crippen LogP contribution in [0.15, 0.2) is 36.5 Å². The molecular weight excluding hydrogens is 370 g/mol. The van der Waals surface area contributed by atoms with E-state index in [0.29, 0.717) is 42.3 Å². The number of pyridine rings is 1. The summed E-state index contributed by atoms with van der Waals surface area (Å²) in [7, 11) is 1.50. The summed E-state index contributed by atoms with van der Waals surface area (Å²) >= 11 is 6.01. The van der Waals surface area contributed by atoms with Gasteiger partial charge in [-0.05, 0) is 43.2 Å². The van der Waals surface area contributed by atoms with E-state index in [9.17, 15) is 14.7 Å². The molecule has 0 saturated carbocycles. The molecule has 0 bridgehead atoms. The van der Waals surface area contributed by atoms with E-state index in [-0.39, 0.29) is 29.3 Å². The number of benzene rings is 1. The van der Waals surface area contributed by atoms with Crippen molar-refractivity contribution in [2.45, 2.75) is 12.8 Å². The Morgan fingerprint density at radius 1 is 1.30 bits per heavy atom. The summed E-state index contributed by atoms with van der Waals surface area (Å²) in [6, 6.07) is 7.96. The summed E-state index contributed by atoms with van der Waals surface area (Å²) in [5, 5.41) is 12.8. The molecule has 27 heavy (non-hydrogen) atoms. The number of aromatic nitrogens is 1. The Morgan fingerprint density at radius 3 is 2.70 bits per heavy atom. The zero-order valence-electron chi connectivity index (χ0n) is 14.8. The Morgan fingerprint density at radius 2 is 2.04 bits per heavy atom. The van der Waals surface area contributed by atoms with Crippen molar-refractivity contribution in [3.63, 3.8) is 0 Å². The third-order valence-electron chi connectivity index (χ3n) is 4.57. The number of amides is 2. The largest absolute Gasteiger partial charge is 0.504 e. The van der Waals surface area contributed by atoms with Gasteiger partial charge in [0.15, 0.2) is 11.6 Å². The van der Waals surface area contributed by atoms with Crippen molar-refractivity contribution in [2.75, 3.05) is 25.5 Å². The van der Waals surface area contributed by atoms with Gasteiger partial charge < -0.3 is 20.1 Å². The first kappa shape index (κ1) is 19.0. The maximum Gasteiger partial charge on any atom is 0.257 e. The third-order valence-corrected chi connectivity index (χ3v) is 4.81. The molecule has 3 rings (SSSR count). The molecule has 1 aromatic carbocycles. The minimum atomic E-state index is -0.253. The maximum absolute atomic E-state index is 12.8. The van der Waals surface area contributed by atoms with Gasteiger partial charge in [0.25, 0.3) is 5.91 Å². The van der Waals surface area contributed by atoms with Crippen molar-refractivity contribution in [3.8, 4) is 11.5 Å². The second-order valence-corrected chi connectivity index (χ2v) is 6.71. The van der Waals surface area contributed by atoms with E-state index < -0.39 is 0 Å². The molecule has 2 aromatic rings. The molecule has 7 nitrogen and oxygen atoms in total. The van der Waals surface area contributed by atoms with Crippen LogP contribution >= 0.6 is 11.6 Å². The predicted octanol–water partition coefficient (Wildman–Crippen LogP) is 2.94. The van der Waals surface area contributed by atoms with Crippen LogP contribution in [0.4, 0.5) is 5.82 Å². The molecule has 1 aliphatic rings. The van der Waals surface area contributed by atoms with Crippen LogP contribution in [-0.2, 0) is 4.79 Å². The summed E-state index contributed by atoms with van der Waals surface area (Å²) in [4.78, 5) is 30.8. The lowest BCUT2D eigenvalue weighted by atomic mass is 9.95. The molecule has 8 heteroatoms. The Balaban J connectivity index is 1.62. The Kier molecular flexibility index (Phi) is 5.81. The number of nitrogens with one attached hydrogen (secondary N) is 1. The number of piperidine rings is 1. The lowest BCUT2D eigenvalue weighted by Gasteiger charge is -2.31. The van der Waals surface area contributed by atoms with Gasteiger partial charge in [-0.15, -0.1) is 0 Å². The molecule has 2 heterocycles. The van der Waals surface area contributed by atoms with Crippen molar-refractivity contribution in [1.82, 2.24) is 9.88 Å². The van der Waals surface area contributed by atoms with Crippen LogP contribution in [0.3, 0.4) is 0 Å². The molecule has 2 amide bonds. The molecule has 0 radical (unpaired) electrons. The minimum absolute atomic E-state index is 0.0773. The highest BCUT2D eigenvalue weighted by molar-refractivity contribution is 6.31. The monoisotopic (exact) mass is 389 g/mol. The summed E-state index contributed by atoms with van der Waals surface area (Å²) in [6.45, 7) is 0.890. The van der Waals surface area contributed by atoms with Crippen LogP contribution in [-0.4, -0.2) is 47.0 Å². The molecule has 1 aliphatic heterocycles. The number of carbonyl (C=O) groups is 2. The third kappa shape index (κ3) is 4.31. The van der Waals surface area contributed by atoms with E-state index in [0.717, 1.165) is 0 Å². The average Bonchev–Trinajstić information content (AvgIpc) is 2.69. The van der Waals surface area contributed by atoms with E-state index in [2.05, 4.69) is 10.3 Å². The lowest BCUT2D eigenvalue weighted by Crippen LogP contribution is -2.41. The Hall–Kier alpha value is -2.80. The van der Waals surface area contributed by atoms with Gasteiger partial charge in [-0.3, -0.25) is 9.59 Å². The van der Waals surface area contributed by atoms with E-state index in [4.69, 9.17) is 16.3 Å². The van der Waals surface area contributed by atoms with Gasteiger partial charge >= 0.3 is 0 Å². The molecular formula is C19H20ClN3O4. The first-order valence-corrected chi connectivity index (χ1v) is 8.95. The topological polar surface area (TPSA) is 91.8 Å². The number of methoxy groups -OCH3 is 1. The fourth-order valence-electron chi connectivity index (χ4n) is 3.07. The zero-order chi connectivity index (χ0) is 19.4. The summed E-state index contributed by atoms with van der Waals surface area (Å²) in [6.07, 6.45) is 2.54. The standard InChI is InChI=1S/C19H20ClN3O4/c1-27-16-5-4-13(20)11-14(16)19(26)23-9-6-12(7-10-23)18(25)22-17-15(24)3-2-8-21-17/h2-5,8,11-12,24H,6-7,9-10H2,1H3,(H,21,22,25). The second kappa shape index (κ2) is 8.26. The summed E-state index contributed by atoms with van der Waals surface area (Å²) in [5.41, 5.74) is 0.409. The number of carbonyl (C=O) groups excluding carboxylic acids is 2. The number of rotatable bonds is 4. The molecule has 0 aliphatic carbocycles. The fourth-order valence-corrected chi connectivity index (χ4v) is 3.25. The highest BCUT2D eigenvalue weighted by atomic mass is 35.5. The smallest absolute Gasteiger partial charge is 0.257 e. The van der Waals surface area contributed by atoms with Gasteiger partial charge in [0.05, 0.1) is 12.7 Å². The van der Waals surface area contributed by atoms with E-state index in [1.165, 1.54) is 19.4 Å². The first-order valence-electron chi connectivity index (χ1n) is 8.57. The molecule has 2 N–H and O–H groups in total. The fraction of sp³-hybridized carbons (Fsp3) is 0.316. The van der Waals surface area contributed by atoms with Gasteiger partial charge in [0, 0.05) is 30.2 Å². The van der Waals surface area contributed by atoms with Crippen molar-refractivity contribution in [2.24, 2.45) is 5.92 Å². The number of nitrogens with zero attached hydrogens (tertiary/aromatic N) is 2. The predicted molar refractivity (Wildman–Crippen MR) is 101 cm³/mol. The van der Waals surface area contributed by atoms with E-state index in [1.54, 1.807) is 29.2 Å². The molecule has 0 spiro atoms. The average molecular weight is 390 g/mol. The number of anilines is 1. The van der Waals surface area contributed by atoms with Gasteiger partial charge in [0.2, 0.25) is 5.91 Å². The maximum atomic E-state index is 12.8. The number of ether oxygens (including phenoxy) is 1. The molecule has 0 atom stereocenters. The molecule has 0 unspecified atom stereocenters. The van der Waals surface area contributed by atoms with Crippen molar-refractivity contribution >= 4 is 29.2 Å². The lowest BCUT2D eigenvalue weighted by molar-refractivity contribution is -0.121. The summed E-state index contributed by atoms with van der Waals surface area (Å²) < 4.78 is 5.25. The normalized spacial score (nSPS) is 14.7. The zero-order valence-corrected chi connectivity index (χ0v) is 15.6. The molecule has 1 saturated heterocycles. The van der Waals surface area contributed by atoms with Crippen LogP contribution in [0.2, 0.25) is 5.02 Å². The highest BCUT2D eigenvalue weighted by Crippen LogP contribution is 2.27. The van der Waals surface area contributed by atoms with E-state index >= 15 is 0 Å². The van der Waals surface area contributed by atoms with Gasteiger partial charge in [-0.2, -0.15) is 0 Å².